The van der Waals surface area contributed by atoms with Crippen LogP contribution in [0.25, 0.3) is 15.9 Å². The van der Waals surface area contributed by atoms with Crippen LogP contribution in [0.1, 0.15) is 17.9 Å². The van der Waals surface area contributed by atoms with Crippen molar-refractivity contribution in [3.8, 4) is 0 Å². The van der Waals surface area contributed by atoms with E-state index in [1.54, 1.807) is 0 Å². The molecule has 0 spiro atoms. The van der Waals surface area contributed by atoms with Gasteiger partial charge in [-0.05, 0) is 0 Å². The number of halogens is 2. The summed E-state index contributed by atoms with van der Waals surface area (Å²) in [6, 6.07) is 15.0. The van der Waals surface area contributed by atoms with E-state index in [9.17, 15) is 0 Å². The van der Waals surface area contributed by atoms with Crippen LogP contribution in [0.5, 0.6) is 0 Å². The molecule has 0 amide bonds. The molecule has 8 nitrogen and oxygen atoms in total. The standard InChI is InChI=1S/C26H33ClN4Se.ClHO4/c1-6-29-22-11-7-8-12-24(22)32-26(29)14-9-13-25-28(2)23-19-20(27)15-16-21(23)30(25)17-10-18-31(3,4)5;2-1(3,4)5/h7-9,11-16,19H,6,10,17-18H2,1-5H3;(H,2,3,4,5)/q+2;/p-1. The van der Waals surface area contributed by atoms with Crippen molar-refractivity contribution >= 4 is 53.3 Å². The first-order chi connectivity index (χ1) is 17.3. The van der Waals surface area contributed by atoms with Crippen LogP contribution >= 0.6 is 11.6 Å². The van der Waals surface area contributed by atoms with E-state index in [0.717, 1.165) is 35.6 Å². The molecule has 4 rings (SSSR count). The molecular weight excluding hydrogens is 582 g/mol. The van der Waals surface area contributed by atoms with E-state index in [2.05, 4.69) is 104 Å². The summed E-state index contributed by atoms with van der Waals surface area (Å²) in [5, 5.41) is 0.777. The molecule has 2 heterocycles. The minimum absolute atomic E-state index is 0.351. The summed E-state index contributed by atoms with van der Waals surface area (Å²) in [6.07, 6.45) is 7.89. The van der Waals surface area contributed by atoms with Crippen LogP contribution in [0, 0.1) is 10.2 Å². The van der Waals surface area contributed by atoms with Gasteiger partial charge in [0.25, 0.3) is 0 Å². The number of aryl methyl sites for hydroxylation is 1. The first-order valence-electron chi connectivity index (χ1n) is 11.8. The predicted molar refractivity (Wildman–Crippen MR) is 139 cm³/mol. The van der Waals surface area contributed by atoms with Crippen LogP contribution in [0.3, 0.4) is 0 Å². The Labute approximate surface area is 231 Å². The smallest absolute Gasteiger partial charge is 0.112 e. The molecule has 0 atom stereocenters. The van der Waals surface area contributed by atoms with E-state index in [1.807, 2.05) is 6.07 Å². The second kappa shape index (κ2) is 12.3. The fourth-order valence-corrected chi connectivity index (χ4v) is 6.84. The van der Waals surface area contributed by atoms with Gasteiger partial charge in [-0.2, -0.15) is 0 Å². The molecule has 0 fully saturated rings. The van der Waals surface area contributed by atoms with E-state index >= 15 is 0 Å². The molecule has 1 aliphatic rings. The number of para-hydroxylation sites is 1. The summed E-state index contributed by atoms with van der Waals surface area (Å²) < 4.78 is 40.3. The number of quaternary nitrogens is 1. The fraction of sp³-hybridized carbons (Fsp3) is 0.346. The van der Waals surface area contributed by atoms with E-state index in [1.165, 1.54) is 31.5 Å². The first kappa shape index (κ1) is 29.6. The van der Waals surface area contributed by atoms with E-state index < -0.39 is 10.2 Å². The van der Waals surface area contributed by atoms with Gasteiger partial charge >= 0.3 is 203 Å². The summed E-state index contributed by atoms with van der Waals surface area (Å²) in [5.41, 5.74) is 3.77. The van der Waals surface area contributed by atoms with Crippen molar-refractivity contribution in [3.05, 3.63) is 70.0 Å². The first-order valence-corrected chi connectivity index (χ1v) is 15.1. The molecule has 3 aromatic rings. The van der Waals surface area contributed by atoms with Crippen molar-refractivity contribution < 1.29 is 37.9 Å². The SMILES string of the molecule is CC[n+]1c(C=CC=C2N(C)c3cc(Cl)ccc3N2CCC[N+](C)(C)C)[se]c2ccccc21.[O-][Cl+3]([O-])([O-])[O-]. The Morgan fingerprint density at radius 3 is 2.38 bits per heavy atom. The molecule has 0 aliphatic carbocycles. The van der Waals surface area contributed by atoms with Crippen molar-refractivity contribution in [3.63, 3.8) is 0 Å². The van der Waals surface area contributed by atoms with Crippen molar-refractivity contribution in [1.29, 1.82) is 0 Å². The average Bonchev–Trinajstić information content (AvgIpc) is 3.27. The Kier molecular flexibility index (Phi) is 9.85. The van der Waals surface area contributed by atoms with Gasteiger partial charge in [0.05, 0.1) is 0 Å². The molecule has 0 saturated heterocycles. The number of aromatic nitrogens is 1. The fourth-order valence-electron chi connectivity index (χ4n) is 4.28. The van der Waals surface area contributed by atoms with Crippen molar-refractivity contribution in [2.75, 3.05) is 51.1 Å². The van der Waals surface area contributed by atoms with Crippen LogP contribution in [-0.2, 0) is 6.54 Å². The van der Waals surface area contributed by atoms with Crippen molar-refractivity contribution in [2.45, 2.75) is 19.9 Å². The van der Waals surface area contributed by atoms with Gasteiger partial charge in [-0.3, -0.25) is 0 Å². The zero-order valence-electron chi connectivity index (χ0n) is 21.7. The number of anilines is 2. The number of fused-ring (bicyclic) bond motifs is 2. The van der Waals surface area contributed by atoms with Gasteiger partial charge < -0.3 is 0 Å². The minimum atomic E-state index is -4.94. The Morgan fingerprint density at radius 2 is 1.73 bits per heavy atom. The molecule has 200 valence electrons. The monoisotopic (exact) mass is 615 g/mol. The molecule has 0 unspecified atom stereocenters. The largest absolute Gasteiger partial charge is 0.222 e. The van der Waals surface area contributed by atoms with Gasteiger partial charge in [-0.1, -0.05) is 0 Å². The minimum Gasteiger partial charge on any atom is -0.222 e. The number of allylic oxidation sites excluding steroid dienone is 2. The number of hydrogen-bond acceptors (Lipinski definition) is 6. The zero-order chi connectivity index (χ0) is 27.4. The van der Waals surface area contributed by atoms with Gasteiger partial charge in [-0.15, -0.1) is 10.2 Å². The summed E-state index contributed by atoms with van der Waals surface area (Å²) in [6.45, 7) is 5.35. The molecule has 11 heteroatoms. The van der Waals surface area contributed by atoms with Crippen LogP contribution in [0.15, 0.2) is 60.4 Å². The van der Waals surface area contributed by atoms with Crippen molar-refractivity contribution in [2.24, 2.45) is 0 Å². The van der Waals surface area contributed by atoms with Crippen LogP contribution in [0.2, 0.25) is 5.02 Å². The molecule has 2 aromatic carbocycles. The summed E-state index contributed by atoms with van der Waals surface area (Å²) in [5.74, 6) is 1.20. The van der Waals surface area contributed by atoms with Gasteiger partial charge in [0.1, 0.15) is 0 Å². The number of rotatable bonds is 7. The summed E-state index contributed by atoms with van der Waals surface area (Å²) in [4.78, 5) is 4.69. The molecule has 0 radical (unpaired) electrons. The Bertz CT molecular complexity index is 1280. The summed E-state index contributed by atoms with van der Waals surface area (Å²) >= 11 is 6.68. The maximum Gasteiger partial charge on any atom is -0.112 e. The number of benzene rings is 2. The van der Waals surface area contributed by atoms with Gasteiger partial charge in [-0.25, -0.2) is 18.6 Å². The van der Waals surface area contributed by atoms with Gasteiger partial charge in [0.15, 0.2) is 0 Å². The van der Waals surface area contributed by atoms with E-state index in [0.29, 0.717) is 14.5 Å². The second-order valence-corrected chi connectivity index (χ2v) is 13.0. The average molecular weight is 615 g/mol. The van der Waals surface area contributed by atoms with E-state index in [4.69, 9.17) is 30.2 Å². The summed E-state index contributed by atoms with van der Waals surface area (Å²) in [7, 11) is 3.94. The third kappa shape index (κ3) is 8.29. The van der Waals surface area contributed by atoms with Crippen LogP contribution < -0.4 is 33.0 Å². The van der Waals surface area contributed by atoms with E-state index in [-0.39, 0.29) is 0 Å². The molecule has 1 aliphatic heterocycles. The van der Waals surface area contributed by atoms with Gasteiger partial charge in [0, 0.05) is 0 Å². The molecule has 1 aromatic heterocycles. The maximum absolute atomic E-state index is 8.49. The normalized spacial score (nSPS) is 15.0. The molecule has 37 heavy (non-hydrogen) atoms. The molecule has 0 saturated carbocycles. The zero-order valence-corrected chi connectivity index (χ0v) is 24.9. The maximum atomic E-state index is 8.49. The second-order valence-electron chi connectivity index (χ2n) is 9.63. The Hall–Kier alpha value is -1.91. The van der Waals surface area contributed by atoms with Crippen LogP contribution in [-0.4, -0.2) is 60.3 Å². The van der Waals surface area contributed by atoms with Crippen molar-refractivity contribution in [1.82, 2.24) is 0 Å². The number of nitrogens with zero attached hydrogens (tertiary/aromatic N) is 4. The molecule has 0 bridgehead atoms. The third-order valence-electron chi connectivity index (χ3n) is 5.86. The molecule has 0 N–H and O–H groups in total. The van der Waals surface area contributed by atoms with Crippen LogP contribution in [0.4, 0.5) is 11.4 Å². The third-order valence-corrected chi connectivity index (χ3v) is 8.46. The predicted octanol–water partition coefficient (Wildman–Crippen LogP) is 0.00890. The Balaban J connectivity index is 0.000000695. The molecular formula is C26H33Cl2N4O4Se+. The topological polar surface area (TPSA) is 103 Å². The van der Waals surface area contributed by atoms with Gasteiger partial charge in [0.2, 0.25) is 0 Å². The quantitative estimate of drug-likeness (QED) is 0.211. The Morgan fingerprint density at radius 1 is 1.05 bits per heavy atom. The number of hydrogen-bond donors (Lipinski definition) is 0.